The molecule has 2 aromatic heterocycles. The van der Waals surface area contributed by atoms with Gasteiger partial charge in [0.2, 0.25) is 0 Å². The molecule has 33 heavy (non-hydrogen) atoms. The molecule has 0 amide bonds. The van der Waals surface area contributed by atoms with Crippen LogP contribution in [0, 0.1) is 0 Å². The summed E-state index contributed by atoms with van der Waals surface area (Å²) < 4.78 is 69.6. The van der Waals surface area contributed by atoms with Gasteiger partial charge in [-0.1, -0.05) is 57.0 Å². The van der Waals surface area contributed by atoms with Gasteiger partial charge in [-0.3, -0.25) is 4.98 Å². The van der Waals surface area contributed by atoms with Crippen LogP contribution < -0.4 is 0 Å². The number of benzene rings is 3. The lowest BCUT2D eigenvalue weighted by molar-refractivity contribution is 0.476. The van der Waals surface area contributed by atoms with Crippen LogP contribution in [0.5, 0.6) is 5.75 Å². The Morgan fingerprint density at radius 3 is 2.45 bits per heavy atom. The number of hydrogen-bond acceptors (Lipinski definition) is 3. The Hall–Kier alpha value is -3.92. The molecule has 0 aliphatic rings. The molecule has 0 fully saturated rings. The van der Waals surface area contributed by atoms with Crippen LogP contribution in [0.3, 0.4) is 0 Å². The quantitative estimate of drug-likeness (QED) is 0.329. The Bertz CT molecular complexity index is 1760. The Labute approximate surface area is 205 Å². The van der Waals surface area contributed by atoms with Crippen LogP contribution in [-0.4, -0.2) is 19.6 Å². The van der Waals surface area contributed by atoms with Gasteiger partial charge in [-0.25, -0.2) is 4.98 Å². The number of aryl methyl sites for hydroxylation is 1. The zero-order valence-electron chi connectivity index (χ0n) is 26.2. The predicted octanol–water partition coefficient (Wildman–Crippen LogP) is 6.97. The number of aromatic nitrogens is 3. The highest BCUT2D eigenvalue weighted by molar-refractivity contribution is 5.95. The Morgan fingerprint density at radius 1 is 0.939 bits per heavy atom. The van der Waals surface area contributed by atoms with Gasteiger partial charge in [0, 0.05) is 32.6 Å². The maximum atomic E-state index is 10.5. The van der Waals surface area contributed by atoms with E-state index in [1.54, 1.807) is 72.3 Å². The smallest absolute Gasteiger partial charge is 0.144 e. The summed E-state index contributed by atoms with van der Waals surface area (Å²) in [5.74, 6) is 0.507. The van der Waals surface area contributed by atoms with Gasteiger partial charge in [-0.2, -0.15) is 0 Å². The van der Waals surface area contributed by atoms with Crippen molar-refractivity contribution in [1.29, 1.82) is 0 Å². The lowest BCUT2D eigenvalue weighted by Gasteiger charge is -2.21. The molecule has 0 bridgehead atoms. The molecule has 0 saturated heterocycles. The number of phenols is 1. The molecule has 0 unspecified atom stereocenters. The molecular weight excluding hydrogens is 406 g/mol. The van der Waals surface area contributed by atoms with Crippen molar-refractivity contribution in [2.24, 2.45) is 7.05 Å². The fourth-order valence-corrected chi connectivity index (χ4v) is 3.91. The largest absolute Gasteiger partial charge is 0.507 e. The molecule has 2 heterocycles. The second-order valence-electron chi connectivity index (χ2n) is 8.12. The molecule has 5 rings (SSSR count). The lowest BCUT2D eigenvalue weighted by Crippen LogP contribution is -2.11. The van der Waals surface area contributed by atoms with Crippen LogP contribution in [0.15, 0.2) is 85.0 Å². The molecule has 0 aliphatic heterocycles. The number of aromatic hydroxyl groups is 1. The Balaban J connectivity index is 1.91. The number of nitrogens with zero attached hydrogens (tertiary/aromatic N) is 3. The van der Waals surface area contributed by atoms with Crippen molar-refractivity contribution in [2.75, 3.05) is 0 Å². The van der Waals surface area contributed by atoms with Gasteiger partial charge in [-0.05, 0) is 59.0 Å². The third-order valence-corrected chi connectivity index (χ3v) is 5.60. The van der Waals surface area contributed by atoms with Crippen molar-refractivity contribution >= 4 is 11.0 Å². The minimum absolute atomic E-state index is 0.0399. The summed E-state index contributed by atoms with van der Waals surface area (Å²) in [6.07, 6.45) is 1.52. The molecule has 0 atom stereocenters. The first-order chi connectivity index (χ1) is 19.2. The number of rotatable bonds is 3. The van der Waals surface area contributed by atoms with E-state index in [9.17, 15) is 6.48 Å². The van der Waals surface area contributed by atoms with Gasteiger partial charge in [-0.15, -0.1) is 0 Å². The molecule has 0 aliphatic carbocycles. The monoisotopic (exact) mass is 441 g/mol. The summed E-state index contributed by atoms with van der Waals surface area (Å²) in [4.78, 5) is 9.15. The third kappa shape index (κ3) is 3.78. The highest BCUT2D eigenvalue weighted by Gasteiger charge is 2.20. The van der Waals surface area contributed by atoms with Crippen molar-refractivity contribution in [3.05, 3.63) is 90.6 Å². The highest BCUT2D eigenvalue weighted by Crippen LogP contribution is 2.37. The highest BCUT2D eigenvalue weighted by atomic mass is 16.3. The van der Waals surface area contributed by atoms with E-state index in [4.69, 9.17) is 14.6 Å². The van der Waals surface area contributed by atoms with Crippen molar-refractivity contribution < 1.29 is 16.1 Å². The Kier molecular flexibility index (Phi) is 3.25. The molecular formula is C29H27N3O. The van der Waals surface area contributed by atoms with Gasteiger partial charge < -0.3 is 9.67 Å². The molecule has 0 radical (unpaired) electrons. The zero-order chi connectivity index (χ0) is 29.9. The van der Waals surface area contributed by atoms with Crippen LogP contribution in [-0.2, 0) is 12.5 Å². The number of para-hydroxylation sites is 2. The van der Waals surface area contributed by atoms with Crippen LogP contribution in [0.25, 0.3) is 44.8 Å². The van der Waals surface area contributed by atoms with Gasteiger partial charge in [0.1, 0.15) is 11.6 Å². The first-order valence-corrected chi connectivity index (χ1v) is 10.5. The minimum Gasteiger partial charge on any atom is -0.507 e. The average Bonchev–Trinajstić information content (AvgIpc) is 3.24. The van der Waals surface area contributed by atoms with Crippen LogP contribution >= 0.6 is 0 Å². The fraction of sp³-hybridized carbons (Fsp3) is 0.172. The molecule has 5 aromatic rings. The molecule has 4 nitrogen and oxygen atoms in total. The molecule has 4 heteroatoms. The molecule has 164 valence electrons. The van der Waals surface area contributed by atoms with E-state index in [0.717, 1.165) is 6.92 Å². The van der Waals surface area contributed by atoms with E-state index in [0.29, 0.717) is 33.7 Å². The third-order valence-electron chi connectivity index (χ3n) is 5.60. The predicted molar refractivity (Wildman–Crippen MR) is 135 cm³/mol. The van der Waals surface area contributed by atoms with E-state index >= 15 is 0 Å². The molecule has 3 aromatic carbocycles. The first kappa shape index (κ1) is 13.6. The average molecular weight is 442 g/mol. The van der Waals surface area contributed by atoms with Crippen molar-refractivity contribution in [3.63, 3.8) is 0 Å². The maximum absolute atomic E-state index is 10.5. The zero-order valence-corrected chi connectivity index (χ0v) is 18.2. The van der Waals surface area contributed by atoms with Gasteiger partial charge in [0.15, 0.2) is 0 Å². The second kappa shape index (κ2) is 7.89. The number of imidazole rings is 1. The number of phenolic OH excluding ortho intramolecular Hbond substituents is 1. The second-order valence-corrected chi connectivity index (χ2v) is 8.12. The van der Waals surface area contributed by atoms with Crippen LogP contribution in [0.4, 0.5) is 0 Å². The van der Waals surface area contributed by atoms with Gasteiger partial charge >= 0.3 is 0 Å². The standard InChI is InChI=1S/C29H27N3O/c1-29(2,3)21-17-19(16-20(18-21)24-12-7-8-15-30-24)22-11-9-13-25-27(22)31-28(32(25)4)23-10-5-6-14-26(23)33/h5-18,33H,1-4H3/i1D3,2D3,17D,18D. The molecule has 0 spiro atoms. The number of hydrogen-bond donors (Lipinski definition) is 1. The summed E-state index contributed by atoms with van der Waals surface area (Å²) in [6, 6.07) is 17.9. The van der Waals surface area contributed by atoms with Gasteiger partial charge in [0.05, 0.1) is 25.0 Å². The van der Waals surface area contributed by atoms with Crippen molar-refractivity contribution in [2.45, 2.75) is 26.0 Å². The first-order valence-electron chi connectivity index (χ1n) is 14.5. The topological polar surface area (TPSA) is 50.9 Å². The number of pyridine rings is 1. The minimum atomic E-state index is -3.07. The Morgan fingerprint density at radius 2 is 1.70 bits per heavy atom. The number of fused-ring (bicyclic) bond motifs is 1. The maximum Gasteiger partial charge on any atom is 0.144 e. The van der Waals surface area contributed by atoms with E-state index < -0.39 is 24.7 Å². The summed E-state index contributed by atoms with van der Waals surface area (Å²) >= 11 is 0. The van der Waals surface area contributed by atoms with E-state index in [2.05, 4.69) is 4.98 Å². The van der Waals surface area contributed by atoms with Crippen LogP contribution in [0.2, 0.25) is 0 Å². The van der Waals surface area contributed by atoms with E-state index in [1.807, 2.05) is 6.07 Å². The van der Waals surface area contributed by atoms with Crippen LogP contribution in [0.1, 0.15) is 37.2 Å². The van der Waals surface area contributed by atoms with Gasteiger partial charge in [0.25, 0.3) is 0 Å². The normalized spacial score (nSPS) is 16.1. The SMILES string of the molecule is [2H]c1c(-c2ccccn2)cc(-c2cccc3c2nc(-c2ccccc2O)n3C)c([2H])c1C(C)(C([2H])([2H])[2H])C([2H])([2H])[2H]. The summed E-state index contributed by atoms with van der Waals surface area (Å²) in [5, 5.41) is 10.5. The summed E-state index contributed by atoms with van der Waals surface area (Å²) in [7, 11) is 1.79. The summed E-state index contributed by atoms with van der Waals surface area (Å²) in [5.41, 5.74) is -0.131. The van der Waals surface area contributed by atoms with Crippen molar-refractivity contribution in [1.82, 2.24) is 14.5 Å². The van der Waals surface area contributed by atoms with Crippen molar-refractivity contribution in [3.8, 4) is 39.5 Å². The van der Waals surface area contributed by atoms with E-state index in [-0.39, 0.29) is 29.0 Å². The molecule has 1 N–H and O–H groups in total. The van der Waals surface area contributed by atoms with E-state index in [1.165, 1.54) is 6.20 Å². The fourth-order valence-electron chi connectivity index (χ4n) is 3.91. The molecule has 0 saturated carbocycles. The lowest BCUT2D eigenvalue weighted by atomic mass is 9.83. The summed E-state index contributed by atoms with van der Waals surface area (Å²) in [6.45, 7) is -5.07.